The van der Waals surface area contributed by atoms with Crippen LogP contribution in [0.2, 0.25) is 0 Å². The minimum Gasteiger partial charge on any atom is -0.422 e. The standard InChI is InChI=1S/C22H20N4O3/c27-21(29-16-8-2-1-3-9-16)20-19-14-25(22(28)24-12-6-7-13-24)17-10-4-5-11-18(17)26(19)15-23-20/h1-5,8-11,15H,6-7,12-14H2. The van der Waals surface area contributed by atoms with Gasteiger partial charge in [0.25, 0.3) is 0 Å². The van der Waals surface area contributed by atoms with Crippen molar-refractivity contribution in [3.63, 3.8) is 0 Å². The largest absolute Gasteiger partial charge is 0.422 e. The molecule has 0 bridgehead atoms. The maximum Gasteiger partial charge on any atom is 0.364 e. The fraction of sp³-hybridized carbons (Fsp3) is 0.227. The van der Waals surface area contributed by atoms with Crippen LogP contribution in [0.4, 0.5) is 10.5 Å². The summed E-state index contributed by atoms with van der Waals surface area (Å²) < 4.78 is 7.35. The van der Waals surface area contributed by atoms with Gasteiger partial charge < -0.3 is 9.64 Å². The van der Waals surface area contributed by atoms with Crippen LogP contribution in [0.5, 0.6) is 5.75 Å². The lowest BCUT2D eigenvalue weighted by Crippen LogP contribution is -2.44. The zero-order chi connectivity index (χ0) is 19.8. The lowest BCUT2D eigenvalue weighted by molar-refractivity contribution is 0.0727. The number of carbonyl (C=O) groups excluding carboxylic acids is 2. The number of fused-ring (bicyclic) bond motifs is 3. The van der Waals surface area contributed by atoms with Gasteiger partial charge in [0.05, 0.1) is 23.6 Å². The molecule has 2 aromatic carbocycles. The van der Waals surface area contributed by atoms with E-state index in [1.54, 1.807) is 35.5 Å². The Hall–Kier alpha value is -3.61. The molecule has 2 aliphatic heterocycles. The number of nitrogens with zero attached hydrogens (tertiary/aromatic N) is 4. The van der Waals surface area contributed by atoms with Gasteiger partial charge in [-0.05, 0) is 37.1 Å². The molecule has 0 radical (unpaired) electrons. The molecule has 3 heterocycles. The smallest absolute Gasteiger partial charge is 0.364 e. The van der Waals surface area contributed by atoms with Crippen molar-refractivity contribution in [2.45, 2.75) is 19.4 Å². The zero-order valence-corrected chi connectivity index (χ0v) is 15.8. The molecule has 0 unspecified atom stereocenters. The highest BCUT2D eigenvalue weighted by Gasteiger charge is 2.34. The number of imidazole rings is 1. The lowest BCUT2D eigenvalue weighted by atomic mass is 10.1. The summed E-state index contributed by atoms with van der Waals surface area (Å²) in [5.41, 5.74) is 2.52. The monoisotopic (exact) mass is 388 g/mol. The van der Waals surface area contributed by atoms with Crippen molar-refractivity contribution < 1.29 is 14.3 Å². The normalized spacial score (nSPS) is 15.0. The first-order valence-corrected chi connectivity index (χ1v) is 9.71. The third-order valence-electron chi connectivity index (χ3n) is 5.36. The van der Waals surface area contributed by atoms with Gasteiger partial charge in [-0.25, -0.2) is 14.6 Å². The van der Waals surface area contributed by atoms with Crippen LogP contribution in [0.15, 0.2) is 60.9 Å². The van der Waals surface area contributed by atoms with Gasteiger partial charge in [0, 0.05) is 13.1 Å². The van der Waals surface area contributed by atoms with E-state index in [1.807, 2.05) is 39.8 Å². The summed E-state index contributed by atoms with van der Waals surface area (Å²) in [4.78, 5) is 33.9. The highest BCUT2D eigenvalue weighted by Crippen LogP contribution is 2.34. The summed E-state index contributed by atoms with van der Waals surface area (Å²) >= 11 is 0. The molecule has 0 spiro atoms. The molecular weight excluding hydrogens is 368 g/mol. The van der Waals surface area contributed by atoms with Crippen molar-refractivity contribution in [2.75, 3.05) is 18.0 Å². The Morgan fingerprint density at radius 1 is 0.897 bits per heavy atom. The number of esters is 1. The van der Waals surface area contributed by atoms with Crippen LogP contribution in [0.1, 0.15) is 29.0 Å². The maximum absolute atomic E-state index is 13.2. The maximum atomic E-state index is 13.2. The Morgan fingerprint density at radius 3 is 2.34 bits per heavy atom. The Balaban J connectivity index is 1.51. The Bertz CT molecular complexity index is 1070. The van der Waals surface area contributed by atoms with E-state index in [0.29, 0.717) is 11.4 Å². The molecule has 1 aromatic heterocycles. The molecule has 1 fully saturated rings. The predicted octanol–water partition coefficient (Wildman–Crippen LogP) is 3.63. The van der Waals surface area contributed by atoms with E-state index in [0.717, 1.165) is 37.3 Å². The average Bonchev–Trinajstić information content (AvgIpc) is 3.43. The molecule has 3 aromatic rings. The first kappa shape index (κ1) is 17.5. The minimum atomic E-state index is -0.530. The van der Waals surface area contributed by atoms with Crippen LogP contribution in [0.25, 0.3) is 5.69 Å². The number of ether oxygens (including phenoxy) is 1. The van der Waals surface area contributed by atoms with E-state index in [9.17, 15) is 9.59 Å². The minimum absolute atomic E-state index is 0.0372. The summed E-state index contributed by atoms with van der Waals surface area (Å²) in [6.07, 6.45) is 3.66. The van der Waals surface area contributed by atoms with E-state index >= 15 is 0 Å². The van der Waals surface area contributed by atoms with Crippen molar-refractivity contribution in [2.24, 2.45) is 0 Å². The third-order valence-corrected chi connectivity index (χ3v) is 5.36. The van der Waals surface area contributed by atoms with Gasteiger partial charge >= 0.3 is 12.0 Å². The topological polar surface area (TPSA) is 67.7 Å². The Labute approximate surface area is 168 Å². The number of benzene rings is 2. The number of hydrogen-bond donors (Lipinski definition) is 0. The molecule has 0 aliphatic carbocycles. The molecule has 29 heavy (non-hydrogen) atoms. The van der Waals surface area contributed by atoms with E-state index in [-0.39, 0.29) is 18.3 Å². The Kier molecular flexibility index (Phi) is 4.27. The van der Waals surface area contributed by atoms with Crippen LogP contribution in [0, 0.1) is 0 Å². The fourth-order valence-corrected chi connectivity index (χ4v) is 3.93. The number of anilines is 1. The van der Waals surface area contributed by atoms with Crippen molar-refractivity contribution in [1.82, 2.24) is 14.5 Å². The molecule has 7 heteroatoms. The lowest BCUT2D eigenvalue weighted by Gasteiger charge is -2.33. The summed E-state index contributed by atoms with van der Waals surface area (Å²) in [6.45, 7) is 1.80. The summed E-state index contributed by atoms with van der Waals surface area (Å²) in [6, 6.07) is 16.5. The number of carbonyl (C=O) groups is 2. The van der Waals surface area contributed by atoms with Gasteiger partial charge in [0.2, 0.25) is 0 Å². The van der Waals surface area contributed by atoms with Gasteiger partial charge in [-0.3, -0.25) is 9.47 Å². The molecule has 0 saturated carbocycles. The van der Waals surface area contributed by atoms with Crippen LogP contribution in [0.3, 0.4) is 0 Å². The zero-order valence-electron chi connectivity index (χ0n) is 15.8. The first-order valence-electron chi connectivity index (χ1n) is 9.71. The number of rotatable bonds is 2. The quantitative estimate of drug-likeness (QED) is 0.497. The molecule has 1 saturated heterocycles. The van der Waals surface area contributed by atoms with Gasteiger partial charge in [0.1, 0.15) is 12.1 Å². The second-order valence-corrected chi connectivity index (χ2v) is 7.16. The molecule has 2 aliphatic rings. The SMILES string of the molecule is O=C(Oc1ccccc1)c1ncn2c1CN(C(=O)N1CCCC1)c1ccccc1-2. The average molecular weight is 388 g/mol. The highest BCUT2D eigenvalue weighted by atomic mass is 16.5. The van der Waals surface area contributed by atoms with E-state index in [4.69, 9.17) is 4.74 Å². The molecule has 0 atom stereocenters. The number of hydrogen-bond acceptors (Lipinski definition) is 4. The van der Waals surface area contributed by atoms with E-state index in [1.165, 1.54) is 0 Å². The first-order chi connectivity index (χ1) is 14.2. The molecule has 0 N–H and O–H groups in total. The second-order valence-electron chi connectivity index (χ2n) is 7.16. The molecule has 2 amide bonds. The Morgan fingerprint density at radius 2 is 1.59 bits per heavy atom. The van der Waals surface area contributed by atoms with Gasteiger partial charge in [0.15, 0.2) is 5.69 Å². The van der Waals surface area contributed by atoms with E-state index in [2.05, 4.69) is 4.98 Å². The second kappa shape index (κ2) is 7.09. The van der Waals surface area contributed by atoms with Crippen molar-refractivity contribution >= 4 is 17.7 Å². The van der Waals surface area contributed by atoms with Gasteiger partial charge in [-0.15, -0.1) is 0 Å². The van der Waals surface area contributed by atoms with Crippen LogP contribution >= 0.6 is 0 Å². The van der Waals surface area contributed by atoms with E-state index < -0.39 is 5.97 Å². The molecule has 7 nitrogen and oxygen atoms in total. The third kappa shape index (κ3) is 3.04. The van der Waals surface area contributed by atoms with Crippen molar-refractivity contribution in [1.29, 1.82) is 0 Å². The summed E-state index contributed by atoms with van der Waals surface area (Å²) in [5.74, 6) is -0.0710. The number of para-hydroxylation sites is 3. The number of likely N-dealkylation sites (tertiary alicyclic amines) is 1. The van der Waals surface area contributed by atoms with Crippen LogP contribution in [-0.4, -0.2) is 39.5 Å². The fourth-order valence-electron chi connectivity index (χ4n) is 3.93. The van der Waals surface area contributed by atoms with Crippen LogP contribution < -0.4 is 9.64 Å². The molecule has 5 rings (SSSR count). The summed E-state index contributed by atoms with van der Waals surface area (Å²) in [7, 11) is 0. The summed E-state index contributed by atoms with van der Waals surface area (Å²) in [5, 5.41) is 0. The van der Waals surface area contributed by atoms with Crippen molar-refractivity contribution in [3.8, 4) is 11.4 Å². The number of urea groups is 1. The van der Waals surface area contributed by atoms with Crippen LogP contribution in [-0.2, 0) is 6.54 Å². The van der Waals surface area contributed by atoms with Gasteiger partial charge in [-0.2, -0.15) is 0 Å². The predicted molar refractivity (Wildman–Crippen MR) is 107 cm³/mol. The molecular formula is C22H20N4O3. The van der Waals surface area contributed by atoms with Crippen molar-refractivity contribution in [3.05, 3.63) is 72.3 Å². The highest BCUT2D eigenvalue weighted by molar-refractivity contribution is 5.97. The molecule has 146 valence electrons. The number of amides is 2. The van der Waals surface area contributed by atoms with Gasteiger partial charge in [-0.1, -0.05) is 30.3 Å². The number of aromatic nitrogens is 2.